The largest absolute Gasteiger partial charge is 0.469 e. The number of rotatable bonds is 3. The summed E-state index contributed by atoms with van der Waals surface area (Å²) in [6.45, 7) is 1.93. The highest BCUT2D eigenvalue weighted by Gasteiger charge is 2.47. The van der Waals surface area contributed by atoms with E-state index < -0.39 is 0 Å². The van der Waals surface area contributed by atoms with Gasteiger partial charge in [-0.15, -0.1) is 11.3 Å². The van der Waals surface area contributed by atoms with Crippen LogP contribution in [0.5, 0.6) is 0 Å². The molecular formula is C13H14N2O2S. The van der Waals surface area contributed by atoms with Crippen molar-refractivity contribution in [3.05, 3.63) is 35.2 Å². The summed E-state index contributed by atoms with van der Waals surface area (Å²) < 4.78 is 5.34. The van der Waals surface area contributed by atoms with Gasteiger partial charge in [0.2, 0.25) is 5.91 Å². The van der Waals surface area contributed by atoms with Crippen LogP contribution in [0, 0.1) is 12.8 Å². The van der Waals surface area contributed by atoms with Gasteiger partial charge in [0.05, 0.1) is 12.0 Å². The minimum atomic E-state index is 0.0466. The quantitative estimate of drug-likeness (QED) is 0.854. The molecule has 1 fully saturated rings. The zero-order valence-corrected chi connectivity index (χ0v) is 11.1. The van der Waals surface area contributed by atoms with E-state index in [2.05, 4.69) is 4.98 Å². The summed E-state index contributed by atoms with van der Waals surface area (Å²) in [5.41, 5.74) is 0.952. The van der Waals surface area contributed by atoms with Gasteiger partial charge in [-0.2, -0.15) is 0 Å². The zero-order chi connectivity index (χ0) is 12.7. The van der Waals surface area contributed by atoms with Gasteiger partial charge in [-0.3, -0.25) is 9.69 Å². The van der Waals surface area contributed by atoms with Gasteiger partial charge in [-0.05, 0) is 25.5 Å². The molecule has 0 spiro atoms. The van der Waals surface area contributed by atoms with Crippen molar-refractivity contribution >= 4 is 22.4 Å². The lowest BCUT2D eigenvalue weighted by Crippen LogP contribution is -2.28. The average molecular weight is 262 g/mol. The molecule has 3 rings (SSSR count). The molecule has 0 aliphatic heterocycles. The van der Waals surface area contributed by atoms with Gasteiger partial charge in [-0.25, -0.2) is 4.98 Å². The van der Waals surface area contributed by atoms with E-state index in [-0.39, 0.29) is 17.7 Å². The van der Waals surface area contributed by atoms with Crippen molar-refractivity contribution < 1.29 is 9.21 Å². The molecule has 2 aromatic heterocycles. The average Bonchev–Trinajstić information content (AvgIpc) is 2.79. The van der Waals surface area contributed by atoms with Crippen LogP contribution in [-0.2, 0) is 4.79 Å². The van der Waals surface area contributed by atoms with Crippen molar-refractivity contribution in [3.8, 4) is 0 Å². The molecule has 1 aliphatic carbocycles. The molecule has 2 atom stereocenters. The number of hydrogen-bond donors (Lipinski definition) is 0. The molecule has 94 valence electrons. The Morgan fingerprint density at radius 2 is 2.44 bits per heavy atom. The van der Waals surface area contributed by atoms with Crippen LogP contribution in [0.25, 0.3) is 0 Å². The topological polar surface area (TPSA) is 46.3 Å². The van der Waals surface area contributed by atoms with Crippen molar-refractivity contribution in [2.24, 2.45) is 5.92 Å². The lowest BCUT2D eigenvalue weighted by molar-refractivity contribution is -0.119. The molecule has 0 N–H and O–H groups in total. The summed E-state index contributed by atoms with van der Waals surface area (Å²) in [6, 6.07) is 3.80. The first-order chi connectivity index (χ1) is 8.66. The van der Waals surface area contributed by atoms with Gasteiger partial charge >= 0.3 is 0 Å². The maximum atomic E-state index is 12.3. The lowest BCUT2D eigenvalue weighted by Gasteiger charge is -2.13. The molecule has 4 nitrogen and oxygen atoms in total. The Labute approximate surface area is 109 Å². The van der Waals surface area contributed by atoms with Gasteiger partial charge in [0, 0.05) is 24.3 Å². The van der Waals surface area contributed by atoms with Gasteiger partial charge in [0.25, 0.3) is 0 Å². The van der Waals surface area contributed by atoms with Gasteiger partial charge in [0.15, 0.2) is 5.13 Å². The van der Waals surface area contributed by atoms with Crippen LogP contribution in [0.4, 0.5) is 5.13 Å². The van der Waals surface area contributed by atoms with Crippen LogP contribution in [0.3, 0.4) is 0 Å². The standard InChI is InChI=1S/C13H14N2O2S/c1-8-7-18-13(14-8)15(2)12(16)10-6-9(10)11-4-3-5-17-11/h3-5,7,9-10H,6H2,1-2H3. The molecule has 0 bridgehead atoms. The molecule has 1 saturated carbocycles. The molecule has 0 radical (unpaired) electrons. The van der Waals surface area contributed by atoms with E-state index in [1.165, 1.54) is 11.3 Å². The van der Waals surface area contributed by atoms with Crippen LogP contribution in [0.1, 0.15) is 23.8 Å². The van der Waals surface area contributed by atoms with E-state index in [1.807, 2.05) is 24.4 Å². The number of aryl methyl sites for hydroxylation is 1. The first kappa shape index (κ1) is 11.5. The number of furan rings is 1. The predicted molar refractivity (Wildman–Crippen MR) is 69.8 cm³/mol. The van der Waals surface area contributed by atoms with Crippen LogP contribution in [0.2, 0.25) is 0 Å². The summed E-state index contributed by atoms with van der Waals surface area (Å²) in [6.07, 6.45) is 2.53. The number of amides is 1. The van der Waals surface area contributed by atoms with Crippen molar-refractivity contribution in [1.82, 2.24) is 4.98 Å². The number of hydrogen-bond acceptors (Lipinski definition) is 4. The molecule has 0 aromatic carbocycles. The number of carbonyl (C=O) groups excluding carboxylic acids is 1. The van der Waals surface area contributed by atoms with E-state index in [9.17, 15) is 4.79 Å². The first-order valence-electron chi connectivity index (χ1n) is 5.90. The van der Waals surface area contributed by atoms with Crippen LogP contribution >= 0.6 is 11.3 Å². The molecule has 2 aromatic rings. The second kappa shape index (κ2) is 4.24. The third-order valence-corrected chi connectivity index (χ3v) is 4.28. The second-order valence-corrected chi connectivity index (χ2v) is 5.47. The Morgan fingerprint density at radius 3 is 3.06 bits per heavy atom. The highest BCUT2D eigenvalue weighted by molar-refractivity contribution is 7.14. The number of anilines is 1. The van der Waals surface area contributed by atoms with E-state index in [0.717, 1.165) is 23.0 Å². The van der Waals surface area contributed by atoms with Gasteiger partial charge in [-0.1, -0.05) is 0 Å². The SMILES string of the molecule is Cc1csc(N(C)C(=O)C2CC2c2ccco2)n1. The number of aromatic nitrogens is 1. The second-order valence-electron chi connectivity index (χ2n) is 4.63. The molecule has 5 heteroatoms. The number of nitrogens with zero attached hydrogens (tertiary/aromatic N) is 2. The summed E-state index contributed by atoms with van der Waals surface area (Å²) in [7, 11) is 1.79. The van der Waals surface area contributed by atoms with Gasteiger partial charge in [0.1, 0.15) is 5.76 Å². The zero-order valence-electron chi connectivity index (χ0n) is 10.3. The van der Waals surface area contributed by atoms with E-state index >= 15 is 0 Å². The minimum Gasteiger partial charge on any atom is -0.469 e. The maximum absolute atomic E-state index is 12.3. The van der Waals surface area contributed by atoms with Crippen LogP contribution in [0.15, 0.2) is 28.2 Å². The van der Waals surface area contributed by atoms with E-state index in [1.54, 1.807) is 18.2 Å². The van der Waals surface area contributed by atoms with Crippen LogP contribution in [-0.4, -0.2) is 17.9 Å². The fourth-order valence-electron chi connectivity index (χ4n) is 2.12. The highest BCUT2D eigenvalue weighted by Crippen LogP contribution is 2.48. The molecule has 1 amide bonds. The van der Waals surface area contributed by atoms with E-state index in [0.29, 0.717) is 0 Å². The molecular weight excluding hydrogens is 248 g/mol. The fourth-order valence-corrected chi connectivity index (χ4v) is 2.90. The Balaban J connectivity index is 1.70. The van der Waals surface area contributed by atoms with Crippen molar-refractivity contribution in [2.45, 2.75) is 19.3 Å². The summed E-state index contributed by atoms with van der Waals surface area (Å²) >= 11 is 1.50. The fraction of sp³-hybridized carbons (Fsp3) is 0.385. The smallest absolute Gasteiger partial charge is 0.232 e. The predicted octanol–water partition coefficient (Wildman–Crippen LogP) is 2.81. The Kier molecular flexibility index (Phi) is 2.70. The lowest BCUT2D eigenvalue weighted by atomic mass is 10.2. The van der Waals surface area contributed by atoms with Crippen molar-refractivity contribution in [3.63, 3.8) is 0 Å². The number of thiazole rings is 1. The maximum Gasteiger partial charge on any atom is 0.232 e. The van der Waals surface area contributed by atoms with Crippen molar-refractivity contribution in [2.75, 3.05) is 11.9 Å². The minimum absolute atomic E-state index is 0.0466. The molecule has 1 aliphatic rings. The summed E-state index contributed by atoms with van der Waals surface area (Å²) in [4.78, 5) is 18.3. The number of carbonyl (C=O) groups is 1. The normalized spacial score (nSPS) is 21.9. The molecule has 0 saturated heterocycles. The third kappa shape index (κ3) is 1.95. The van der Waals surface area contributed by atoms with E-state index in [4.69, 9.17) is 4.42 Å². The highest BCUT2D eigenvalue weighted by atomic mass is 32.1. The monoisotopic (exact) mass is 262 g/mol. The Bertz CT molecular complexity index is 561. The molecule has 18 heavy (non-hydrogen) atoms. The Morgan fingerprint density at radius 1 is 1.61 bits per heavy atom. The van der Waals surface area contributed by atoms with Crippen LogP contribution < -0.4 is 4.90 Å². The van der Waals surface area contributed by atoms with Crippen molar-refractivity contribution in [1.29, 1.82) is 0 Å². The summed E-state index contributed by atoms with van der Waals surface area (Å²) in [5, 5.41) is 2.72. The summed E-state index contributed by atoms with van der Waals surface area (Å²) in [5.74, 6) is 1.34. The Hall–Kier alpha value is -1.62. The van der Waals surface area contributed by atoms with Gasteiger partial charge < -0.3 is 4.42 Å². The molecule has 2 heterocycles. The third-order valence-electron chi connectivity index (χ3n) is 3.24. The molecule has 2 unspecified atom stereocenters. The first-order valence-corrected chi connectivity index (χ1v) is 6.78.